The van der Waals surface area contributed by atoms with Crippen LogP contribution in [-0.4, -0.2) is 80.0 Å². The number of carbonyl (C=O) groups excluding carboxylic acids is 1. The molecule has 3 heterocycles. The Hall–Kier alpha value is -1.89. The minimum absolute atomic E-state index is 0.0639. The fourth-order valence-electron chi connectivity index (χ4n) is 4.05. The van der Waals surface area contributed by atoms with Gasteiger partial charge in [-0.3, -0.25) is 4.79 Å². The van der Waals surface area contributed by atoms with Gasteiger partial charge in [0.15, 0.2) is 15.6 Å². The van der Waals surface area contributed by atoms with Crippen molar-refractivity contribution in [1.29, 1.82) is 0 Å². The highest BCUT2D eigenvalue weighted by molar-refractivity contribution is 8.02. The van der Waals surface area contributed by atoms with Crippen LogP contribution in [0, 0.1) is 13.8 Å². The van der Waals surface area contributed by atoms with Crippen molar-refractivity contribution in [2.45, 2.75) is 35.3 Å². The first-order chi connectivity index (χ1) is 15.1. The summed E-state index contributed by atoms with van der Waals surface area (Å²) in [5, 5.41) is 3.67. The molecule has 1 aromatic heterocycles. The summed E-state index contributed by atoms with van der Waals surface area (Å²) >= 11 is 1.43. The van der Waals surface area contributed by atoms with Crippen LogP contribution in [0.2, 0.25) is 0 Å². The summed E-state index contributed by atoms with van der Waals surface area (Å²) in [4.78, 5) is 15.7. The topological polar surface area (TPSA) is 118 Å². The van der Waals surface area contributed by atoms with E-state index in [4.69, 9.17) is 4.52 Å². The molecule has 0 N–H and O–H groups in total. The zero-order valence-corrected chi connectivity index (χ0v) is 20.3. The average molecular weight is 500 g/mol. The van der Waals surface area contributed by atoms with Gasteiger partial charge in [0.1, 0.15) is 10.6 Å². The number of rotatable bonds is 5. The van der Waals surface area contributed by atoms with Gasteiger partial charge in [-0.25, -0.2) is 16.8 Å². The maximum Gasteiger partial charge on any atom is 0.255 e. The Bertz CT molecular complexity index is 1210. The van der Waals surface area contributed by atoms with Crippen LogP contribution in [0.1, 0.15) is 28.2 Å². The smallest absolute Gasteiger partial charge is 0.255 e. The molecule has 2 saturated heterocycles. The van der Waals surface area contributed by atoms with Gasteiger partial charge in [0.05, 0.1) is 17.1 Å². The standard InChI is InChI=1S/C20H25N3O6S3/c1-14-19(15(2)29-21-14)32(27,28)23-10-8-22(9-11-23)20(24)17-5-3-4-6-18(17)30-16-7-12-31(25,26)13-16/h3-6,16H,7-13H2,1-2H3. The Balaban J connectivity index is 1.45. The average Bonchev–Trinajstić information content (AvgIpc) is 3.28. The lowest BCUT2D eigenvalue weighted by atomic mass is 10.2. The summed E-state index contributed by atoms with van der Waals surface area (Å²) in [6.45, 7) is 4.03. The fourth-order valence-corrected chi connectivity index (χ4v) is 9.39. The Morgan fingerprint density at radius 2 is 1.84 bits per heavy atom. The van der Waals surface area contributed by atoms with Gasteiger partial charge < -0.3 is 9.42 Å². The molecular formula is C20H25N3O6S3. The summed E-state index contributed by atoms with van der Waals surface area (Å²) in [6.07, 6.45) is 0.577. The van der Waals surface area contributed by atoms with Crippen molar-refractivity contribution < 1.29 is 26.2 Å². The van der Waals surface area contributed by atoms with E-state index in [-0.39, 0.29) is 59.5 Å². The van der Waals surface area contributed by atoms with Crippen LogP contribution in [0.15, 0.2) is 38.6 Å². The van der Waals surface area contributed by atoms with Crippen LogP contribution < -0.4 is 0 Å². The van der Waals surface area contributed by atoms with E-state index in [1.807, 2.05) is 12.1 Å². The minimum atomic E-state index is -3.75. The lowest BCUT2D eigenvalue weighted by Gasteiger charge is -2.34. The maximum absolute atomic E-state index is 13.2. The molecule has 1 aromatic carbocycles. The third kappa shape index (κ3) is 4.59. The summed E-state index contributed by atoms with van der Waals surface area (Å²) in [5.41, 5.74) is 0.838. The van der Waals surface area contributed by atoms with Gasteiger partial charge in [-0.2, -0.15) is 4.31 Å². The normalized spacial score (nSPS) is 21.7. The Morgan fingerprint density at radius 1 is 1.16 bits per heavy atom. The van der Waals surface area contributed by atoms with Crippen LogP contribution in [0.4, 0.5) is 0 Å². The summed E-state index contributed by atoms with van der Waals surface area (Å²) in [7, 11) is -6.75. The third-order valence-electron chi connectivity index (χ3n) is 5.69. The second-order valence-corrected chi connectivity index (χ2v) is 13.4. The highest BCUT2D eigenvalue weighted by Gasteiger charge is 2.35. The van der Waals surface area contributed by atoms with Crippen molar-refractivity contribution in [3.05, 3.63) is 41.3 Å². The van der Waals surface area contributed by atoms with E-state index >= 15 is 0 Å². The first-order valence-corrected chi connectivity index (χ1v) is 14.4. The molecule has 32 heavy (non-hydrogen) atoms. The van der Waals surface area contributed by atoms with Gasteiger partial charge in [0.25, 0.3) is 5.91 Å². The predicted molar refractivity (Wildman–Crippen MR) is 120 cm³/mol. The van der Waals surface area contributed by atoms with Crippen molar-refractivity contribution in [2.24, 2.45) is 0 Å². The highest BCUT2D eigenvalue weighted by atomic mass is 32.2. The molecule has 0 radical (unpaired) electrons. The van der Waals surface area contributed by atoms with Gasteiger partial charge >= 0.3 is 0 Å². The van der Waals surface area contributed by atoms with Crippen molar-refractivity contribution in [2.75, 3.05) is 37.7 Å². The SMILES string of the molecule is Cc1noc(C)c1S(=O)(=O)N1CCN(C(=O)c2ccccc2SC2CCS(=O)(=O)C2)CC1. The number of aromatic nitrogens is 1. The zero-order chi connectivity index (χ0) is 23.1. The van der Waals surface area contributed by atoms with E-state index in [1.165, 1.54) is 16.1 Å². The largest absolute Gasteiger partial charge is 0.360 e. The van der Waals surface area contributed by atoms with Gasteiger partial charge in [0, 0.05) is 36.3 Å². The van der Waals surface area contributed by atoms with Crippen molar-refractivity contribution in [1.82, 2.24) is 14.4 Å². The fraction of sp³-hybridized carbons (Fsp3) is 0.500. The molecule has 0 spiro atoms. The molecule has 4 rings (SSSR count). The molecule has 2 fully saturated rings. The number of benzene rings is 1. The quantitative estimate of drug-likeness (QED) is 0.610. The van der Waals surface area contributed by atoms with Crippen molar-refractivity contribution in [3.63, 3.8) is 0 Å². The Morgan fingerprint density at radius 3 is 2.44 bits per heavy atom. The summed E-state index contributed by atoms with van der Waals surface area (Å²) < 4.78 is 55.9. The molecular weight excluding hydrogens is 474 g/mol. The number of thioether (sulfide) groups is 1. The van der Waals surface area contributed by atoms with E-state index in [0.29, 0.717) is 17.7 Å². The van der Waals surface area contributed by atoms with Gasteiger partial charge in [-0.15, -0.1) is 11.8 Å². The lowest BCUT2D eigenvalue weighted by molar-refractivity contribution is 0.0694. The van der Waals surface area contributed by atoms with Crippen molar-refractivity contribution >= 4 is 37.5 Å². The predicted octanol–water partition coefficient (Wildman–Crippen LogP) is 1.72. The number of piperazine rings is 1. The van der Waals surface area contributed by atoms with Crippen LogP contribution >= 0.6 is 11.8 Å². The first kappa shape index (κ1) is 23.3. The number of aryl methyl sites for hydroxylation is 2. The number of sulfone groups is 1. The number of nitrogens with zero attached hydrogens (tertiary/aromatic N) is 3. The summed E-state index contributed by atoms with van der Waals surface area (Å²) in [5.74, 6) is 0.380. The van der Waals surface area contributed by atoms with Gasteiger partial charge in [-0.1, -0.05) is 17.3 Å². The molecule has 0 aliphatic carbocycles. The summed E-state index contributed by atoms with van der Waals surface area (Å²) in [6, 6.07) is 7.18. The van der Waals surface area contributed by atoms with Crippen LogP contribution in [0.5, 0.6) is 0 Å². The minimum Gasteiger partial charge on any atom is -0.360 e. The molecule has 2 aromatic rings. The monoisotopic (exact) mass is 499 g/mol. The van der Waals surface area contributed by atoms with E-state index in [9.17, 15) is 21.6 Å². The van der Waals surface area contributed by atoms with Crippen LogP contribution in [0.25, 0.3) is 0 Å². The van der Waals surface area contributed by atoms with E-state index < -0.39 is 19.9 Å². The molecule has 1 atom stereocenters. The number of amides is 1. The molecule has 2 aliphatic rings. The first-order valence-electron chi connectivity index (χ1n) is 10.3. The molecule has 1 amide bonds. The van der Waals surface area contributed by atoms with Crippen molar-refractivity contribution in [3.8, 4) is 0 Å². The third-order valence-corrected chi connectivity index (χ3v) is 11.2. The van der Waals surface area contributed by atoms with Crippen LogP contribution in [-0.2, 0) is 19.9 Å². The second kappa shape index (κ2) is 8.81. The van der Waals surface area contributed by atoms with E-state index in [1.54, 1.807) is 30.9 Å². The van der Waals surface area contributed by atoms with Crippen LogP contribution in [0.3, 0.4) is 0 Å². The number of carbonyl (C=O) groups is 1. The zero-order valence-electron chi connectivity index (χ0n) is 17.9. The molecule has 9 nitrogen and oxygen atoms in total. The molecule has 12 heteroatoms. The number of hydrogen-bond donors (Lipinski definition) is 0. The number of hydrogen-bond acceptors (Lipinski definition) is 8. The van der Waals surface area contributed by atoms with Gasteiger partial charge in [-0.05, 0) is 32.4 Å². The molecule has 0 bridgehead atoms. The lowest BCUT2D eigenvalue weighted by Crippen LogP contribution is -2.50. The molecule has 2 aliphatic heterocycles. The van der Waals surface area contributed by atoms with E-state index in [2.05, 4.69) is 5.16 Å². The number of sulfonamides is 1. The molecule has 174 valence electrons. The molecule has 0 saturated carbocycles. The Labute approximate surface area is 192 Å². The highest BCUT2D eigenvalue weighted by Crippen LogP contribution is 2.34. The van der Waals surface area contributed by atoms with E-state index in [0.717, 1.165) is 4.90 Å². The maximum atomic E-state index is 13.2. The second-order valence-electron chi connectivity index (χ2n) is 7.99. The Kier molecular flexibility index (Phi) is 6.40. The van der Waals surface area contributed by atoms with Gasteiger partial charge in [0.2, 0.25) is 10.0 Å². The molecule has 1 unspecified atom stereocenters.